The third kappa shape index (κ3) is 16.1. The largest absolute Gasteiger partial charge is 0.385 e. The van der Waals surface area contributed by atoms with Gasteiger partial charge < -0.3 is 14.4 Å². The number of morpholine rings is 1. The van der Waals surface area contributed by atoms with Crippen molar-refractivity contribution in [1.29, 1.82) is 0 Å². The monoisotopic (exact) mass is 621 g/mol. The van der Waals surface area contributed by atoms with Crippen LogP contribution in [0.4, 0.5) is 0 Å². The van der Waals surface area contributed by atoms with Crippen LogP contribution in [0.3, 0.4) is 0 Å². The van der Waals surface area contributed by atoms with Crippen molar-refractivity contribution >= 4 is 28.6 Å². The molecular formula is C33H59N5O4S. The molecule has 0 saturated carbocycles. The fourth-order valence-corrected chi connectivity index (χ4v) is 5.85. The Morgan fingerprint density at radius 2 is 1.84 bits per heavy atom. The lowest BCUT2D eigenvalue weighted by molar-refractivity contribution is -0.143. The average Bonchev–Trinajstić information content (AvgIpc) is 2.99. The van der Waals surface area contributed by atoms with Crippen LogP contribution in [0.5, 0.6) is 0 Å². The molecular weight excluding hydrogens is 562 g/mol. The molecule has 1 saturated heterocycles. The van der Waals surface area contributed by atoms with E-state index >= 15 is 0 Å². The van der Waals surface area contributed by atoms with Gasteiger partial charge in [-0.25, -0.2) is 5.84 Å². The van der Waals surface area contributed by atoms with Crippen LogP contribution in [0, 0.1) is 5.41 Å². The quantitative estimate of drug-likeness (QED) is 0.0212. The number of hydrogen-bond donors (Lipinski definition) is 1. The molecule has 0 bridgehead atoms. The highest BCUT2D eigenvalue weighted by Gasteiger charge is 2.36. The number of hydrogen-bond acceptors (Lipinski definition) is 8. The van der Waals surface area contributed by atoms with Gasteiger partial charge in [0.05, 0.1) is 29.0 Å². The first-order valence-corrected chi connectivity index (χ1v) is 16.7. The van der Waals surface area contributed by atoms with Crippen LogP contribution in [0.15, 0.2) is 41.1 Å². The number of hydrazine groups is 1. The first-order valence-electron chi connectivity index (χ1n) is 15.8. The number of nitrogens with two attached hydrogens (primary N) is 1. The highest BCUT2D eigenvalue weighted by atomic mass is 32.2. The van der Waals surface area contributed by atoms with Crippen molar-refractivity contribution in [3.05, 3.63) is 36.1 Å². The summed E-state index contributed by atoms with van der Waals surface area (Å²) in [7, 11) is 3.54. The van der Waals surface area contributed by atoms with E-state index in [9.17, 15) is 9.59 Å². The molecule has 9 nitrogen and oxygen atoms in total. The van der Waals surface area contributed by atoms with Crippen LogP contribution >= 0.6 is 11.8 Å². The Labute approximate surface area is 266 Å². The van der Waals surface area contributed by atoms with Crippen LogP contribution in [0.25, 0.3) is 0 Å². The highest BCUT2D eigenvalue weighted by molar-refractivity contribution is 8.14. The Morgan fingerprint density at radius 3 is 2.44 bits per heavy atom. The molecule has 1 heterocycles. The summed E-state index contributed by atoms with van der Waals surface area (Å²) in [6, 6.07) is 0. The maximum atomic E-state index is 13.6. The predicted molar refractivity (Wildman–Crippen MR) is 181 cm³/mol. The summed E-state index contributed by atoms with van der Waals surface area (Å²) in [4.78, 5) is 34.7. The van der Waals surface area contributed by atoms with Crippen molar-refractivity contribution in [2.45, 2.75) is 91.4 Å². The predicted octanol–water partition coefficient (Wildman–Crippen LogP) is 5.79. The summed E-state index contributed by atoms with van der Waals surface area (Å²) in [6.07, 6.45) is 18.0. The molecule has 2 amide bonds. The molecule has 0 aromatic heterocycles. The van der Waals surface area contributed by atoms with E-state index in [0.29, 0.717) is 6.42 Å². The number of ether oxygens (including phenoxy) is 2. The van der Waals surface area contributed by atoms with E-state index in [2.05, 4.69) is 28.1 Å². The molecule has 0 aromatic carbocycles. The first kappa shape index (κ1) is 39.0. The van der Waals surface area contributed by atoms with Gasteiger partial charge in [-0.2, -0.15) is 0 Å². The van der Waals surface area contributed by atoms with Gasteiger partial charge in [0.15, 0.2) is 0 Å². The number of aliphatic imine (C=N–C) groups is 1. The topological polar surface area (TPSA) is 101 Å². The van der Waals surface area contributed by atoms with E-state index in [4.69, 9.17) is 15.3 Å². The summed E-state index contributed by atoms with van der Waals surface area (Å²) in [5.74, 6) is 6.13. The van der Waals surface area contributed by atoms with Crippen LogP contribution in [0.2, 0.25) is 0 Å². The van der Waals surface area contributed by atoms with E-state index in [-0.39, 0.29) is 23.7 Å². The van der Waals surface area contributed by atoms with Gasteiger partial charge in [0.1, 0.15) is 0 Å². The summed E-state index contributed by atoms with van der Waals surface area (Å²) >= 11 is 1.57. The lowest BCUT2D eigenvalue weighted by Crippen LogP contribution is -2.53. The van der Waals surface area contributed by atoms with Crippen molar-refractivity contribution in [3.8, 4) is 0 Å². The Morgan fingerprint density at radius 1 is 1.16 bits per heavy atom. The minimum absolute atomic E-state index is 0.124. The molecule has 1 atom stereocenters. The Balaban J connectivity index is 2.82. The molecule has 1 rings (SSSR count). The second kappa shape index (κ2) is 22.5. The number of carbonyl (C=O) groups excluding carboxylic acids is 2. The van der Waals surface area contributed by atoms with Crippen molar-refractivity contribution in [2.24, 2.45) is 16.3 Å². The summed E-state index contributed by atoms with van der Waals surface area (Å²) < 4.78 is 10.6. The van der Waals surface area contributed by atoms with Gasteiger partial charge in [-0.3, -0.25) is 24.5 Å². The smallest absolute Gasteiger partial charge is 0.244 e. The van der Waals surface area contributed by atoms with Crippen molar-refractivity contribution in [3.63, 3.8) is 0 Å². The highest BCUT2D eigenvalue weighted by Crippen LogP contribution is 2.27. The number of carbonyl (C=O) groups is 2. The van der Waals surface area contributed by atoms with E-state index in [1.54, 1.807) is 37.0 Å². The Bertz CT molecular complexity index is 928. The number of rotatable bonds is 20. The number of thioether (sulfide) groups is 1. The molecule has 0 radical (unpaired) electrons. The van der Waals surface area contributed by atoms with Crippen LogP contribution in [-0.2, 0) is 19.1 Å². The lowest BCUT2D eigenvalue weighted by atomic mass is 9.91. The molecule has 0 aromatic rings. The maximum Gasteiger partial charge on any atom is 0.244 e. The van der Waals surface area contributed by atoms with Crippen LogP contribution in [-0.4, -0.2) is 97.2 Å². The number of unbranched alkanes of at least 4 members (excludes halogenated alkanes) is 4. The van der Waals surface area contributed by atoms with Crippen molar-refractivity contribution < 1.29 is 19.1 Å². The van der Waals surface area contributed by atoms with Gasteiger partial charge in [0.25, 0.3) is 0 Å². The average molecular weight is 622 g/mol. The molecule has 43 heavy (non-hydrogen) atoms. The molecule has 1 fully saturated rings. The molecule has 0 aliphatic carbocycles. The SMILES string of the molecule is C/C=C\C/C(=C\C=C\N(CC(C)(C)C(=O)N(N)C(CC)SC(CCCCCCCOC)=NC)C(C)=O)CN1CCOCC1. The fourth-order valence-electron chi connectivity index (χ4n) is 4.80. The summed E-state index contributed by atoms with van der Waals surface area (Å²) in [5.41, 5.74) is 0.376. The van der Waals surface area contributed by atoms with Crippen molar-refractivity contribution in [1.82, 2.24) is 14.8 Å². The van der Waals surface area contributed by atoms with Crippen molar-refractivity contribution in [2.75, 3.05) is 60.2 Å². The van der Waals surface area contributed by atoms with Gasteiger partial charge in [-0.15, -0.1) is 0 Å². The van der Waals surface area contributed by atoms with Gasteiger partial charge in [-0.05, 0) is 59.0 Å². The lowest BCUT2D eigenvalue weighted by Gasteiger charge is -2.35. The molecule has 1 aliphatic rings. The zero-order valence-corrected chi connectivity index (χ0v) is 28.8. The standard InChI is InChI=1S/C33H59N5O4S/c1-8-10-17-29(26-36-21-24-42-25-22-36)18-16-20-37(28(3)39)27-33(4,5)32(40)38(34)31(9-2)43-30(35-6)19-14-12-11-13-15-23-41-7/h8,10,16,18,20,31H,9,11-15,17,19,21-27,34H2,1-7H3/b10-8-,20-16+,29-18+,35-30?. The number of methoxy groups -OCH3 is 1. The van der Waals surface area contributed by atoms with Gasteiger partial charge in [0.2, 0.25) is 11.8 Å². The molecule has 1 aliphatic heterocycles. The van der Waals surface area contributed by atoms with E-state index in [1.165, 1.54) is 30.3 Å². The minimum atomic E-state index is -0.879. The number of amides is 2. The Hall–Kier alpha value is -1.98. The zero-order valence-electron chi connectivity index (χ0n) is 28.0. The number of nitrogens with zero attached hydrogens (tertiary/aromatic N) is 4. The molecule has 10 heteroatoms. The van der Waals surface area contributed by atoms with E-state index in [1.807, 2.05) is 33.8 Å². The summed E-state index contributed by atoms with van der Waals surface area (Å²) in [5, 5.41) is 2.13. The molecule has 2 N–H and O–H groups in total. The first-order chi connectivity index (χ1) is 20.6. The van der Waals surface area contributed by atoms with E-state index in [0.717, 1.165) is 76.6 Å². The second-order valence-corrected chi connectivity index (χ2v) is 12.9. The van der Waals surface area contributed by atoms with Crippen LogP contribution in [0.1, 0.15) is 86.0 Å². The minimum Gasteiger partial charge on any atom is -0.385 e. The fraction of sp³-hybridized carbons (Fsp3) is 0.727. The number of allylic oxidation sites excluding steroid dienone is 4. The van der Waals surface area contributed by atoms with Gasteiger partial charge >= 0.3 is 0 Å². The van der Waals surface area contributed by atoms with Gasteiger partial charge in [-0.1, -0.05) is 61.7 Å². The van der Waals surface area contributed by atoms with Gasteiger partial charge in [0, 0.05) is 60.1 Å². The second-order valence-electron chi connectivity index (χ2n) is 11.7. The third-order valence-corrected chi connectivity index (χ3v) is 8.94. The maximum absolute atomic E-state index is 13.6. The Kier molecular flexibility index (Phi) is 20.4. The molecule has 1 unspecified atom stereocenters. The zero-order chi connectivity index (χ0) is 32.1. The van der Waals surface area contributed by atoms with Crippen LogP contribution < -0.4 is 5.84 Å². The third-order valence-electron chi connectivity index (χ3n) is 7.45. The normalized spacial score (nSPS) is 16.3. The van der Waals surface area contributed by atoms with E-state index < -0.39 is 5.41 Å². The summed E-state index contributed by atoms with van der Waals surface area (Å²) in [6.45, 7) is 14.5. The molecule has 246 valence electrons. The molecule has 0 spiro atoms.